The molecule has 0 radical (unpaired) electrons. The van der Waals surface area contributed by atoms with Gasteiger partial charge in [0.05, 0.1) is 33.5 Å². The lowest BCUT2D eigenvalue weighted by atomic mass is 10.0. The van der Waals surface area contributed by atoms with Gasteiger partial charge in [0.2, 0.25) is 0 Å². The third kappa shape index (κ3) is 41.2. The van der Waals surface area contributed by atoms with Crippen LogP contribution in [0.2, 0.25) is 0 Å². The van der Waals surface area contributed by atoms with Crippen LogP contribution in [0.4, 0.5) is 0 Å². The first-order chi connectivity index (χ1) is 28.3. The van der Waals surface area contributed by atoms with Crippen molar-refractivity contribution in [2.45, 2.75) is 226 Å². The van der Waals surface area contributed by atoms with Crippen molar-refractivity contribution in [2.75, 3.05) is 47.5 Å². The average molecular weight is 921 g/mol. The van der Waals surface area contributed by atoms with E-state index in [0.717, 1.165) is 38.5 Å². The van der Waals surface area contributed by atoms with Crippen molar-refractivity contribution in [1.82, 2.24) is 0 Å². The molecule has 0 spiro atoms. The number of quaternary nitrogens is 1. The van der Waals surface area contributed by atoms with E-state index in [-0.39, 0.29) is 55.4 Å². The molecular weight excluding hydrogens is 830 g/mol. The molecule has 0 aliphatic heterocycles. The van der Waals surface area contributed by atoms with E-state index in [1.165, 1.54) is 116 Å². The number of nitrogens with zero attached hydrogens (tertiary/aromatic N) is 1. The molecule has 0 aromatic carbocycles. The number of hydrogen-bond donors (Lipinski definition) is 0. The monoisotopic (exact) mass is 920 g/mol. The molecule has 0 rings (SSSR count). The summed E-state index contributed by atoms with van der Waals surface area (Å²) < 4.78 is 27.5. The van der Waals surface area contributed by atoms with Gasteiger partial charge in [0.1, 0.15) is 19.8 Å². The van der Waals surface area contributed by atoms with Gasteiger partial charge in [-0.25, -0.2) is 4.79 Å². The standard InChI is InChI=1S/C48H90NO10.BrH/c1-8-10-12-14-16-18-20-22-24-26-28-30-32-34-44(50)55-38-43(39-56-45(51)35-33-31-29-27-25-23-21-19-17-15-13-11-9-2)58-47(53)40-57-46(52)36-42(37-49(5,6)7)59-48(54)41(3)4;/h41-43H,8-40H2,1-7H3;1H/q+1;/p-1/t42-;/m0./s1. The summed E-state index contributed by atoms with van der Waals surface area (Å²) in [6.45, 7) is 7.04. The van der Waals surface area contributed by atoms with Crippen LogP contribution in [-0.4, -0.2) is 94.0 Å². The fraction of sp³-hybridized carbons (Fsp3) is 0.896. The topological polar surface area (TPSA) is 132 Å². The first-order valence-corrected chi connectivity index (χ1v) is 23.9. The van der Waals surface area contributed by atoms with E-state index < -0.39 is 48.7 Å². The van der Waals surface area contributed by atoms with Gasteiger partial charge in [-0.2, -0.15) is 0 Å². The second kappa shape index (κ2) is 40.8. The van der Waals surface area contributed by atoms with Crippen molar-refractivity contribution in [3.8, 4) is 0 Å². The highest BCUT2D eigenvalue weighted by Crippen LogP contribution is 2.16. The van der Waals surface area contributed by atoms with Crippen LogP contribution in [0.3, 0.4) is 0 Å². The van der Waals surface area contributed by atoms with Crippen molar-refractivity contribution in [2.24, 2.45) is 5.92 Å². The molecule has 0 aromatic rings. The van der Waals surface area contributed by atoms with Gasteiger partial charge in [-0.05, 0) is 12.8 Å². The Morgan fingerprint density at radius 3 is 1.12 bits per heavy atom. The molecule has 0 saturated heterocycles. The van der Waals surface area contributed by atoms with E-state index in [1.54, 1.807) is 13.8 Å². The zero-order chi connectivity index (χ0) is 44.0. The summed E-state index contributed by atoms with van der Waals surface area (Å²) in [6, 6.07) is 0. The summed E-state index contributed by atoms with van der Waals surface area (Å²) in [5, 5.41) is 0. The summed E-state index contributed by atoms with van der Waals surface area (Å²) >= 11 is 0. The predicted molar refractivity (Wildman–Crippen MR) is 236 cm³/mol. The second-order valence-corrected chi connectivity index (χ2v) is 18.0. The third-order valence-corrected chi connectivity index (χ3v) is 10.4. The van der Waals surface area contributed by atoms with Crippen molar-refractivity contribution >= 4 is 29.8 Å². The maximum atomic E-state index is 12.8. The molecule has 1 atom stereocenters. The maximum Gasteiger partial charge on any atom is 0.344 e. The Hall–Kier alpha value is -2.21. The first-order valence-electron chi connectivity index (χ1n) is 23.9. The molecule has 0 N–H and O–H groups in total. The highest BCUT2D eigenvalue weighted by atomic mass is 79.9. The molecule has 60 heavy (non-hydrogen) atoms. The Balaban J connectivity index is 0. The minimum Gasteiger partial charge on any atom is -1.00 e. The van der Waals surface area contributed by atoms with Crippen LogP contribution < -0.4 is 17.0 Å². The van der Waals surface area contributed by atoms with Crippen molar-refractivity contribution < 1.29 is 69.1 Å². The number of esters is 5. The van der Waals surface area contributed by atoms with Gasteiger partial charge in [0.15, 0.2) is 18.8 Å². The van der Waals surface area contributed by atoms with Crippen molar-refractivity contribution in [1.29, 1.82) is 0 Å². The summed E-state index contributed by atoms with van der Waals surface area (Å²) in [5.41, 5.74) is 0. The minimum absolute atomic E-state index is 0. The highest BCUT2D eigenvalue weighted by Gasteiger charge is 2.28. The van der Waals surface area contributed by atoms with E-state index in [1.807, 2.05) is 21.1 Å². The lowest BCUT2D eigenvalue weighted by Crippen LogP contribution is -3.00. The number of carbonyl (C=O) groups is 5. The molecule has 0 heterocycles. The van der Waals surface area contributed by atoms with Gasteiger partial charge in [0, 0.05) is 12.8 Å². The minimum atomic E-state index is -1.05. The normalized spacial score (nSPS) is 11.9. The fourth-order valence-corrected chi connectivity index (χ4v) is 6.87. The molecule has 0 aliphatic carbocycles. The van der Waals surface area contributed by atoms with Crippen LogP contribution in [-0.2, 0) is 47.7 Å². The molecule has 0 aliphatic rings. The Labute approximate surface area is 377 Å². The number of hydrogen-bond acceptors (Lipinski definition) is 10. The number of ether oxygens (including phenoxy) is 5. The molecule has 0 amide bonds. The van der Waals surface area contributed by atoms with Crippen LogP contribution in [0.5, 0.6) is 0 Å². The largest absolute Gasteiger partial charge is 1.00 e. The van der Waals surface area contributed by atoms with Gasteiger partial charge >= 0.3 is 29.8 Å². The lowest BCUT2D eigenvalue weighted by molar-refractivity contribution is -0.873. The molecule has 11 nitrogen and oxygen atoms in total. The summed E-state index contributed by atoms with van der Waals surface area (Å²) in [4.78, 5) is 62.9. The highest BCUT2D eigenvalue weighted by molar-refractivity contribution is 5.77. The average Bonchev–Trinajstić information content (AvgIpc) is 3.17. The van der Waals surface area contributed by atoms with E-state index in [9.17, 15) is 24.0 Å². The smallest absolute Gasteiger partial charge is 0.344 e. The van der Waals surface area contributed by atoms with Gasteiger partial charge in [-0.3, -0.25) is 19.2 Å². The molecule has 354 valence electrons. The Morgan fingerprint density at radius 2 is 0.783 bits per heavy atom. The van der Waals surface area contributed by atoms with Gasteiger partial charge < -0.3 is 45.1 Å². The summed E-state index contributed by atoms with van der Waals surface area (Å²) in [6.07, 6.45) is 29.9. The molecule has 0 bridgehead atoms. The number of unbranched alkanes of at least 4 members (excludes halogenated alkanes) is 24. The van der Waals surface area contributed by atoms with E-state index in [4.69, 9.17) is 23.7 Å². The summed E-state index contributed by atoms with van der Waals surface area (Å²) in [7, 11) is 5.74. The Morgan fingerprint density at radius 1 is 0.433 bits per heavy atom. The van der Waals surface area contributed by atoms with Crippen molar-refractivity contribution in [3.63, 3.8) is 0 Å². The van der Waals surface area contributed by atoms with E-state index in [0.29, 0.717) is 23.9 Å². The molecular formula is C48H90BrNO10. The summed E-state index contributed by atoms with van der Waals surface area (Å²) in [5.74, 6) is -3.19. The zero-order valence-electron chi connectivity index (χ0n) is 39.5. The molecule has 0 unspecified atom stereocenters. The van der Waals surface area contributed by atoms with Crippen LogP contribution in [0.25, 0.3) is 0 Å². The third-order valence-electron chi connectivity index (χ3n) is 10.4. The fourth-order valence-electron chi connectivity index (χ4n) is 6.87. The van der Waals surface area contributed by atoms with E-state index >= 15 is 0 Å². The Bertz CT molecular complexity index is 1030. The molecule has 12 heteroatoms. The Kier molecular flexibility index (Phi) is 40.8. The first kappa shape index (κ1) is 59.9. The number of likely N-dealkylation sites (N-methyl/N-ethyl adjacent to an activating group) is 1. The quantitative estimate of drug-likeness (QED) is 0.0256. The molecule has 0 aromatic heterocycles. The van der Waals surface area contributed by atoms with Crippen LogP contribution >= 0.6 is 0 Å². The second-order valence-electron chi connectivity index (χ2n) is 18.0. The predicted octanol–water partition coefficient (Wildman–Crippen LogP) is 8.16. The van der Waals surface area contributed by atoms with E-state index in [2.05, 4.69) is 13.8 Å². The molecule has 0 saturated carbocycles. The zero-order valence-corrected chi connectivity index (χ0v) is 41.1. The number of halogens is 1. The van der Waals surface area contributed by atoms with Crippen LogP contribution in [0.1, 0.15) is 214 Å². The van der Waals surface area contributed by atoms with Crippen LogP contribution in [0.15, 0.2) is 0 Å². The SMILES string of the molecule is CCCCCCCCCCCCCCCC(=O)OCC(COC(=O)CCCCCCCCCCCCCCC)OC(=O)COC(=O)C[C@@H](C[N+](C)(C)C)OC(=O)C(C)C.[Br-]. The van der Waals surface area contributed by atoms with Gasteiger partial charge in [-0.1, -0.05) is 182 Å². The maximum absolute atomic E-state index is 12.8. The van der Waals surface area contributed by atoms with Crippen LogP contribution in [0, 0.1) is 5.92 Å². The number of rotatable bonds is 41. The van der Waals surface area contributed by atoms with Gasteiger partial charge in [-0.15, -0.1) is 0 Å². The lowest BCUT2D eigenvalue weighted by Gasteiger charge is -2.29. The van der Waals surface area contributed by atoms with Gasteiger partial charge in [0.25, 0.3) is 0 Å². The number of carbonyl (C=O) groups excluding carboxylic acids is 5. The van der Waals surface area contributed by atoms with Crippen molar-refractivity contribution in [3.05, 3.63) is 0 Å². The molecule has 0 fully saturated rings.